The lowest BCUT2D eigenvalue weighted by Gasteiger charge is -2.02. The maximum Gasteiger partial charge on any atom is -0.00739 e. The van der Waals surface area contributed by atoms with Crippen molar-refractivity contribution >= 4 is 11.1 Å². The van der Waals surface area contributed by atoms with Crippen molar-refractivity contribution in [2.45, 2.75) is 0 Å². The van der Waals surface area contributed by atoms with Gasteiger partial charge in [-0.1, -0.05) is 0 Å². The number of hydrogen-bond donors (Lipinski definition) is 2. The highest BCUT2D eigenvalue weighted by Gasteiger charge is 1.69. The molecule has 0 bridgehead atoms. The summed E-state index contributed by atoms with van der Waals surface area (Å²) in [5, 5.41) is 0. The number of thiol groups is 1. The van der Waals surface area contributed by atoms with Gasteiger partial charge >= 0.3 is 0 Å². The third kappa shape index (κ3) is 4.31. The quantitative estimate of drug-likeness (QED) is 0.447. The second kappa shape index (κ2) is 2.54. The Morgan fingerprint density at radius 2 is 1.60 bits per heavy atom. The first-order valence-corrected chi connectivity index (χ1v) is 3.85. The van der Waals surface area contributed by atoms with Crippen LogP contribution in [0.1, 0.15) is 0 Å². The summed E-state index contributed by atoms with van der Waals surface area (Å²) in [5.41, 5.74) is 0. The SMILES string of the molecule is CN[SH](C)C. The Labute approximate surface area is 36.2 Å². The zero-order valence-corrected chi connectivity index (χ0v) is 4.84. The van der Waals surface area contributed by atoms with Crippen molar-refractivity contribution < 1.29 is 0 Å². The van der Waals surface area contributed by atoms with Crippen molar-refractivity contribution in [1.82, 2.24) is 4.72 Å². The third-order valence-electron chi connectivity index (χ3n) is 0.447. The predicted molar refractivity (Wildman–Crippen MR) is 29.9 cm³/mol. The van der Waals surface area contributed by atoms with E-state index in [-0.39, 0.29) is 11.1 Å². The minimum Gasteiger partial charge on any atom is -0.287 e. The van der Waals surface area contributed by atoms with Crippen LogP contribution in [0.15, 0.2) is 0 Å². The first-order valence-electron chi connectivity index (χ1n) is 1.62. The average molecular weight is 93.2 g/mol. The maximum absolute atomic E-state index is 3.09. The van der Waals surface area contributed by atoms with Crippen LogP contribution in [-0.2, 0) is 0 Å². The summed E-state index contributed by atoms with van der Waals surface area (Å²) < 4.78 is 3.09. The molecule has 2 heteroatoms. The van der Waals surface area contributed by atoms with E-state index >= 15 is 0 Å². The lowest BCUT2D eigenvalue weighted by molar-refractivity contribution is 1.29. The zero-order chi connectivity index (χ0) is 4.28. The number of hydrogen-bond acceptors (Lipinski definition) is 1. The normalized spacial score (nSPS) is 11.4. The van der Waals surface area contributed by atoms with Gasteiger partial charge < -0.3 is 0 Å². The lowest BCUT2D eigenvalue weighted by Crippen LogP contribution is -1.96. The molecular formula is C3H11NS. The van der Waals surface area contributed by atoms with Crippen LogP contribution < -0.4 is 4.72 Å². The molecule has 0 fully saturated rings. The molecule has 1 N–H and O–H groups in total. The molecule has 0 heterocycles. The van der Waals surface area contributed by atoms with Gasteiger partial charge in [0.1, 0.15) is 0 Å². The maximum atomic E-state index is 3.09. The molecule has 0 amide bonds. The van der Waals surface area contributed by atoms with Gasteiger partial charge in [0, 0.05) is 0 Å². The van der Waals surface area contributed by atoms with Crippen LogP contribution in [0, 0.1) is 0 Å². The van der Waals surface area contributed by atoms with Crippen LogP contribution in [0.2, 0.25) is 0 Å². The molecule has 0 aromatic rings. The summed E-state index contributed by atoms with van der Waals surface area (Å²) in [6, 6.07) is 0. The van der Waals surface area contributed by atoms with E-state index in [4.69, 9.17) is 0 Å². The average Bonchev–Trinajstić information content (AvgIpc) is 1.38. The summed E-state index contributed by atoms with van der Waals surface area (Å²) in [6.07, 6.45) is 4.35. The molecule has 5 heavy (non-hydrogen) atoms. The lowest BCUT2D eigenvalue weighted by atomic mass is 11.6. The third-order valence-corrected chi connectivity index (χ3v) is 1.34. The van der Waals surface area contributed by atoms with E-state index in [1.165, 1.54) is 0 Å². The smallest absolute Gasteiger partial charge is 0.00739 e. The molecule has 0 saturated carbocycles. The van der Waals surface area contributed by atoms with Crippen LogP contribution in [0.25, 0.3) is 0 Å². The van der Waals surface area contributed by atoms with E-state index in [2.05, 4.69) is 17.2 Å². The summed E-state index contributed by atoms with van der Waals surface area (Å²) in [7, 11) is 1.98. The minimum absolute atomic E-state index is 0.152. The Hall–Kier alpha value is 0.310. The molecule has 0 aliphatic rings. The Morgan fingerprint density at radius 3 is 1.60 bits per heavy atom. The second-order valence-electron chi connectivity index (χ2n) is 1.12. The Morgan fingerprint density at radius 1 is 1.40 bits per heavy atom. The van der Waals surface area contributed by atoms with Crippen LogP contribution in [-0.4, -0.2) is 19.6 Å². The molecule has 34 valence electrons. The first-order chi connectivity index (χ1) is 2.27. The van der Waals surface area contributed by atoms with Crippen molar-refractivity contribution in [3.05, 3.63) is 0 Å². The van der Waals surface area contributed by atoms with Crippen LogP contribution >= 0.6 is 11.1 Å². The molecule has 1 nitrogen and oxygen atoms in total. The molecule has 0 atom stereocenters. The molecule has 0 unspecified atom stereocenters. The van der Waals surface area contributed by atoms with Gasteiger partial charge in [-0.05, 0) is 19.6 Å². The molecule has 0 radical (unpaired) electrons. The zero-order valence-electron chi connectivity index (χ0n) is 3.95. The summed E-state index contributed by atoms with van der Waals surface area (Å²) in [6.45, 7) is 0. The van der Waals surface area contributed by atoms with E-state index in [0.29, 0.717) is 0 Å². The van der Waals surface area contributed by atoms with E-state index in [1.54, 1.807) is 0 Å². The van der Waals surface area contributed by atoms with Gasteiger partial charge in [0.15, 0.2) is 0 Å². The standard InChI is InChI=1S/C3H11NS/c1-4-5(2)3/h4-5H,1-3H3. The topological polar surface area (TPSA) is 12.0 Å². The van der Waals surface area contributed by atoms with Gasteiger partial charge in [-0.25, -0.2) is 11.1 Å². The predicted octanol–water partition coefficient (Wildman–Crippen LogP) is 0.382. The van der Waals surface area contributed by atoms with E-state index in [1.807, 2.05) is 7.05 Å². The van der Waals surface area contributed by atoms with Crippen molar-refractivity contribution in [1.29, 1.82) is 0 Å². The van der Waals surface area contributed by atoms with E-state index < -0.39 is 0 Å². The molecule has 0 aliphatic carbocycles. The fourth-order valence-corrected chi connectivity index (χ4v) is 0. The molecule has 0 aliphatic heterocycles. The van der Waals surface area contributed by atoms with Gasteiger partial charge in [-0.3, -0.25) is 4.72 Å². The fourth-order valence-electron chi connectivity index (χ4n) is 0. The minimum atomic E-state index is 0.152. The highest BCUT2D eigenvalue weighted by atomic mass is 32.2. The van der Waals surface area contributed by atoms with Crippen molar-refractivity contribution in [2.24, 2.45) is 0 Å². The monoisotopic (exact) mass is 93.1 g/mol. The number of rotatable bonds is 1. The largest absolute Gasteiger partial charge is 0.287 e. The van der Waals surface area contributed by atoms with Gasteiger partial charge in [0.25, 0.3) is 0 Å². The molecular weight excluding hydrogens is 82.1 g/mol. The Bertz CT molecular complexity index is 20.9. The van der Waals surface area contributed by atoms with Gasteiger partial charge in [0.2, 0.25) is 0 Å². The Balaban J connectivity index is 2.54. The Kier molecular flexibility index (Phi) is 2.70. The molecule has 0 aromatic carbocycles. The summed E-state index contributed by atoms with van der Waals surface area (Å²) >= 11 is 0.152. The number of nitrogens with one attached hydrogen (secondary N) is 1. The van der Waals surface area contributed by atoms with Gasteiger partial charge in [-0.15, -0.1) is 0 Å². The fraction of sp³-hybridized carbons (Fsp3) is 1.00. The second-order valence-corrected chi connectivity index (χ2v) is 3.35. The first kappa shape index (κ1) is 5.31. The van der Waals surface area contributed by atoms with E-state index in [9.17, 15) is 0 Å². The van der Waals surface area contributed by atoms with Crippen LogP contribution in [0.5, 0.6) is 0 Å². The van der Waals surface area contributed by atoms with Crippen molar-refractivity contribution in [3.63, 3.8) is 0 Å². The molecule has 0 saturated heterocycles. The van der Waals surface area contributed by atoms with Gasteiger partial charge in [0.05, 0.1) is 0 Å². The summed E-state index contributed by atoms with van der Waals surface area (Å²) in [5.74, 6) is 0. The van der Waals surface area contributed by atoms with Gasteiger partial charge in [-0.2, -0.15) is 0 Å². The molecule has 0 aromatic heterocycles. The van der Waals surface area contributed by atoms with Crippen molar-refractivity contribution in [2.75, 3.05) is 19.6 Å². The van der Waals surface area contributed by atoms with E-state index in [0.717, 1.165) is 0 Å². The molecule has 0 spiro atoms. The highest BCUT2D eigenvalue weighted by Crippen LogP contribution is 2.00. The van der Waals surface area contributed by atoms with Crippen LogP contribution in [0.3, 0.4) is 0 Å². The summed E-state index contributed by atoms with van der Waals surface area (Å²) in [4.78, 5) is 0. The highest BCUT2D eigenvalue weighted by molar-refractivity contribution is 8.14. The van der Waals surface area contributed by atoms with Crippen molar-refractivity contribution in [3.8, 4) is 0 Å². The molecule has 0 rings (SSSR count). The van der Waals surface area contributed by atoms with Crippen LogP contribution in [0.4, 0.5) is 0 Å².